The van der Waals surface area contributed by atoms with Crippen LogP contribution in [0.15, 0.2) is 53.3 Å². The van der Waals surface area contributed by atoms with Crippen LogP contribution in [0.2, 0.25) is 5.02 Å². The monoisotopic (exact) mass is 351 g/mol. The van der Waals surface area contributed by atoms with Crippen LogP contribution in [0.5, 0.6) is 11.5 Å². The Morgan fingerprint density at radius 1 is 1.24 bits per heavy atom. The van der Waals surface area contributed by atoms with E-state index in [0.29, 0.717) is 34.1 Å². The Bertz CT molecular complexity index is 1020. The lowest BCUT2D eigenvalue weighted by Crippen LogP contribution is -2.12. The first-order valence-corrected chi connectivity index (χ1v) is 7.94. The van der Waals surface area contributed by atoms with Gasteiger partial charge in [-0.15, -0.1) is 0 Å². The first kappa shape index (κ1) is 16.7. The number of hydrogen-bond donors (Lipinski definition) is 1. The summed E-state index contributed by atoms with van der Waals surface area (Å²) in [6.07, 6.45) is 0.531. The largest absolute Gasteiger partial charge is 0.456 e. The minimum atomic E-state index is -0.193. The number of hydrogen-bond acceptors (Lipinski definition) is 4. The van der Waals surface area contributed by atoms with Gasteiger partial charge in [0.1, 0.15) is 11.5 Å². The molecule has 0 atom stereocenters. The number of rotatable bonds is 4. The average molecular weight is 352 g/mol. The molecule has 0 aliphatic rings. The molecule has 0 spiro atoms. The number of nitriles is 1. The van der Waals surface area contributed by atoms with Crippen molar-refractivity contribution in [3.8, 4) is 17.6 Å². The summed E-state index contributed by atoms with van der Waals surface area (Å²) >= 11 is 6.22. The maximum absolute atomic E-state index is 11.4. The Morgan fingerprint density at radius 2 is 2.08 bits per heavy atom. The number of ether oxygens (including phenoxy) is 1. The van der Waals surface area contributed by atoms with Crippen molar-refractivity contribution in [2.24, 2.45) is 0 Å². The van der Waals surface area contributed by atoms with Crippen LogP contribution < -0.4 is 10.3 Å². The molecule has 0 aliphatic heterocycles. The maximum Gasteiger partial charge on any atom is 0.267 e. The number of nitrogens with one attached hydrogen (secondary N) is 1. The summed E-state index contributed by atoms with van der Waals surface area (Å²) in [5.74, 6) is 1.03. The van der Waals surface area contributed by atoms with Crippen LogP contribution in [-0.2, 0) is 6.42 Å². The molecular formula is C19H14ClN3O2. The number of halogens is 1. The van der Waals surface area contributed by atoms with E-state index in [1.165, 1.54) is 0 Å². The van der Waals surface area contributed by atoms with Gasteiger partial charge in [0.2, 0.25) is 0 Å². The van der Waals surface area contributed by atoms with Crippen LogP contribution in [0.1, 0.15) is 22.4 Å². The molecule has 0 aliphatic carbocycles. The third-order valence-electron chi connectivity index (χ3n) is 3.61. The molecule has 1 heterocycles. The molecule has 2 aromatic carbocycles. The van der Waals surface area contributed by atoms with Gasteiger partial charge in [-0.3, -0.25) is 4.79 Å². The highest BCUT2D eigenvalue weighted by atomic mass is 35.5. The fourth-order valence-corrected chi connectivity index (χ4v) is 2.51. The predicted molar refractivity (Wildman–Crippen MR) is 95.1 cm³/mol. The Morgan fingerprint density at radius 3 is 2.84 bits per heavy atom. The summed E-state index contributed by atoms with van der Waals surface area (Å²) in [5, 5.41) is 16.0. The normalized spacial score (nSPS) is 10.3. The van der Waals surface area contributed by atoms with E-state index in [1.54, 1.807) is 43.3 Å². The zero-order chi connectivity index (χ0) is 17.8. The minimum Gasteiger partial charge on any atom is -0.456 e. The fourth-order valence-electron chi connectivity index (χ4n) is 2.35. The van der Waals surface area contributed by atoms with Crippen molar-refractivity contribution in [1.29, 1.82) is 5.26 Å². The molecule has 3 aromatic rings. The zero-order valence-electron chi connectivity index (χ0n) is 13.4. The molecule has 0 saturated carbocycles. The van der Waals surface area contributed by atoms with Crippen molar-refractivity contribution in [3.63, 3.8) is 0 Å². The van der Waals surface area contributed by atoms with E-state index < -0.39 is 0 Å². The number of nitrogens with zero attached hydrogens (tertiary/aromatic N) is 2. The van der Waals surface area contributed by atoms with Crippen molar-refractivity contribution in [3.05, 3.63) is 86.3 Å². The molecule has 0 bridgehead atoms. The Hall–Kier alpha value is -3.10. The van der Waals surface area contributed by atoms with Gasteiger partial charge in [0.25, 0.3) is 5.56 Å². The molecular weight excluding hydrogens is 338 g/mol. The molecule has 3 rings (SSSR count). The third-order valence-corrected chi connectivity index (χ3v) is 3.93. The molecule has 1 aromatic heterocycles. The van der Waals surface area contributed by atoms with Crippen molar-refractivity contribution >= 4 is 11.6 Å². The quantitative estimate of drug-likeness (QED) is 0.770. The van der Waals surface area contributed by atoms with Crippen molar-refractivity contribution in [1.82, 2.24) is 10.2 Å². The van der Waals surface area contributed by atoms with Gasteiger partial charge in [-0.1, -0.05) is 23.7 Å². The SMILES string of the molecule is Cc1cc(Cc2ccc(Cl)c(Oc3cccc(C#N)c3)c2)n[nH]c1=O. The summed E-state index contributed by atoms with van der Waals surface area (Å²) in [7, 11) is 0. The molecule has 0 amide bonds. The molecule has 0 saturated heterocycles. The van der Waals surface area contributed by atoms with E-state index in [-0.39, 0.29) is 5.56 Å². The van der Waals surface area contributed by atoms with Crippen molar-refractivity contribution in [2.45, 2.75) is 13.3 Å². The van der Waals surface area contributed by atoms with Gasteiger partial charge in [-0.2, -0.15) is 10.4 Å². The Kier molecular flexibility index (Phi) is 4.82. The van der Waals surface area contributed by atoms with Crippen molar-refractivity contribution in [2.75, 3.05) is 0 Å². The van der Waals surface area contributed by atoms with Gasteiger partial charge in [-0.25, -0.2) is 5.10 Å². The summed E-state index contributed by atoms with van der Waals surface area (Å²) in [5.41, 5.74) is 2.62. The van der Waals surface area contributed by atoms with E-state index >= 15 is 0 Å². The van der Waals surface area contributed by atoms with Crippen LogP contribution in [0, 0.1) is 18.3 Å². The lowest BCUT2D eigenvalue weighted by molar-refractivity contribution is 0.482. The standard InChI is InChI=1S/C19H14ClN3O2/c1-12-7-15(22-23-19(12)24)8-13-5-6-17(20)18(10-13)25-16-4-2-3-14(9-16)11-21/h2-7,9-10H,8H2,1H3,(H,23,24). The van der Waals surface area contributed by atoms with Gasteiger partial charge < -0.3 is 4.74 Å². The van der Waals surface area contributed by atoms with Crippen LogP contribution in [-0.4, -0.2) is 10.2 Å². The van der Waals surface area contributed by atoms with E-state index in [4.69, 9.17) is 21.6 Å². The van der Waals surface area contributed by atoms with E-state index in [0.717, 1.165) is 11.3 Å². The molecule has 25 heavy (non-hydrogen) atoms. The third kappa shape index (κ3) is 4.06. The summed E-state index contributed by atoms with van der Waals surface area (Å²) in [6, 6.07) is 16.1. The second-order valence-electron chi connectivity index (χ2n) is 5.55. The maximum atomic E-state index is 11.4. The highest BCUT2D eigenvalue weighted by molar-refractivity contribution is 6.32. The van der Waals surface area contributed by atoms with Gasteiger partial charge in [0.05, 0.1) is 22.3 Å². The molecule has 124 valence electrons. The second-order valence-corrected chi connectivity index (χ2v) is 5.96. The topological polar surface area (TPSA) is 78.8 Å². The Labute approximate surface area is 149 Å². The highest BCUT2D eigenvalue weighted by Crippen LogP contribution is 2.31. The lowest BCUT2D eigenvalue weighted by Gasteiger charge is -2.10. The van der Waals surface area contributed by atoms with Crippen LogP contribution >= 0.6 is 11.6 Å². The summed E-state index contributed by atoms with van der Waals surface area (Å²) in [6.45, 7) is 1.74. The number of aryl methyl sites for hydroxylation is 1. The van der Waals surface area contributed by atoms with Crippen LogP contribution in [0.3, 0.4) is 0 Å². The summed E-state index contributed by atoms with van der Waals surface area (Å²) in [4.78, 5) is 11.4. The van der Waals surface area contributed by atoms with E-state index in [1.807, 2.05) is 12.1 Å². The first-order chi connectivity index (χ1) is 12.0. The van der Waals surface area contributed by atoms with Crippen LogP contribution in [0.4, 0.5) is 0 Å². The number of aromatic nitrogens is 2. The lowest BCUT2D eigenvalue weighted by atomic mass is 10.1. The number of aromatic amines is 1. The fraction of sp³-hybridized carbons (Fsp3) is 0.105. The predicted octanol–water partition coefficient (Wildman–Crippen LogP) is 3.99. The van der Waals surface area contributed by atoms with Gasteiger partial charge >= 0.3 is 0 Å². The molecule has 6 heteroatoms. The average Bonchev–Trinajstić information content (AvgIpc) is 2.61. The molecule has 0 unspecified atom stereocenters. The highest BCUT2D eigenvalue weighted by Gasteiger charge is 2.08. The van der Waals surface area contributed by atoms with Crippen molar-refractivity contribution < 1.29 is 4.74 Å². The zero-order valence-corrected chi connectivity index (χ0v) is 14.2. The molecule has 5 nitrogen and oxygen atoms in total. The Balaban J connectivity index is 1.86. The molecule has 0 radical (unpaired) electrons. The van der Waals surface area contributed by atoms with E-state index in [2.05, 4.69) is 16.3 Å². The number of H-pyrrole nitrogens is 1. The van der Waals surface area contributed by atoms with Gasteiger partial charge in [0.15, 0.2) is 0 Å². The summed E-state index contributed by atoms with van der Waals surface area (Å²) < 4.78 is 5.81. The van der Waals surface area contributed by atoms with E-state index in [9.17, 15) is 4.79 Å². The molecule has 1 N–H and O–H groups in total. The number of benzene rings is 2. The van der Waals surface area contributed by atoms with Crippen LogP contribution in [0.25, 0.3) is 0 Å². The smallest absolute Gasteiger partial charge is 0.267 e. The minimum absolute atomic E-state index is 0.193. The van der Waals surface area contributed by atoms with Gasteiger partial charge in [0, 0.05) is 12.0 Å². The second kappa shape index (κ2) is 7.20. The first-order valence-electron chi connectivity index (χ1n) is 7.57. The molecule has 0 fully saturated rings. The van der Waals surface area contributed by atoms with Gasteiger partial charge in [-0.05, 0) is 48.9 Å².